The van der Waals surface area contributed by atoms with Crippen LogP contribution in [0.3, 0.4) is 0 Å². The number of carbonyl (C=O) groups excluding carboxylic acids is 2. The van der Waals surface area contributed by atoms with Crippen LogP contribution in [0.1, 0.15) is 6.92 Å². The molecular weight excluding hydrogens is 194 g/mol. The molecule has 0 aliphatic heterocycles. The summed E-state index contributed by atoms with van der Waals surface area (Å²) in [4.78, 5) is 22.4. The molecule has 2 amide bonds. The number of nitrogens with two attached hydrogens (primary N) is 1. The fourth-order valence-electron chi connectivity index (χ4n) is 0.782. The van der Waals surface area contributed by atoms with Gasteiger partial charge in [-0.15, -0.1) is 11.6 Å². The number of amides is 2. The molecule has 0 saturated heterocycles. The first kappa shape index (κ1) is 11.7. The molecule has 1 atom stereocenters. The van der Waals surface area contributed by atoms with Crippen molar-refractivity contribution < 1.29 is 9.59 Å². The Morgan fingerprint density at radius 1 is 1.69 bits per heavy atom. The van der Waals surface area contributed by atoms with Crippen LogP contribution in [-0.2, 0) is 9.59 Å². The minimum absolute atomic E-state index is 0.136. The summed E-state index contributed by atoms with van der Waals surface area (Å²) in [5.74, 6) is -1.47. The SMILES string of the molecule is C[C@@H](Cl)CN(CC(N)=O)C(=O)C#N. The highest BCUT2D eigenvalue weighted by Crippen LogP contribution is 1.98. The van der Waals surface area contributed by atoms with Crippen molar-refractivity contribution in [2.75, 3.05) is 13.1 Å². The predicted octanol–water partition coefficient (Wildman–Crippen LogP) is -0.549. The molecule has 0 spiro atoms. The molecule has 2 N–H and O–H groups in total. The summed E-state index contributed by atoms with van der Waals surface area (Å²) in [7, 11) is 0. The van der Waals surface area contributed by atoms with Crippen molar-refractivity contribution in [3.63, 3.8) is 0 Å². The van der Waals surface area contributed by atoms with E-state index in [1.54, 1.807) is 6.92 Å². The van der Waals surface area contributed by atoms with Gasteiger partial charge in [0.15, 0.2) is 6.07 Å². The maximum atomic E-state index is 10.9. The topological polar surface area (TPSA) is 87.2 Å². The van der Waals surface area contributed by atoms with Crippen molar-refractivity contribution in [2.24, 2.45) is 5.73 Å². The van der Waals surface area contributed by atoms with E-state index in [4.69, 9.17) is 22.6 Å². The van der Waals surface area contributed by atoms with Gasteiger partial charge in [-0.1, -0.05) is 0 Å². The summed E-state index contributed by atoms with van der Waals surface area (Å²) in [6, 6.07) is 1.40. The quantitative estimate of drug-likeness (QED) is 0.491. The van der Waals surface area contributed by atoms with E-state index in [1.807, 2.05) is 0 Å². The summed E-state index contributed by atoms with van der Waals surface area (Å²) in [6.07, 6.45) is 0. The molecule has 0 radical (unpaired) electrons. The average molecular weight is 204 g/mol. The van der Waals surface area contributed by atoms with Gasteiger partial charge < -0.3 is 10.6 Å². The van der Waals surface area contributed by atoms with Crippen LogP contribution in [-0.4, -0.2) is 35.2 Å². The summed E-state index contributed by atoms with van der Waals surface area (Å²) in [5.41, 5.74) is 4.88. The predicted molar refractivity (Wildman–Crippen MR) is 46.7 cm³/mol. The third-order valence-corrected chi connectivity index (χ3v) is 1.34. The third-order valence-electron chi connectivity index (χ3n) is 1.20. The first-order valence-corrected chi connectivity index (χ1v) is 4.02. The highest BCUT2D eigenvalue weighted by molar-refractivity contribution is 6.20. The molecule has 72 valence electrons. The first-order chi connectivity index (χ1) is 5.97. The second kappa shape index (κ2) is 5.38. The molecule has 0 rings (SSSR count). The molecule has 0 bridgehead atoms. The van der Waals surface area contributed by atoms with Gasteiger partial charge in [0.1, 0.15) is 6.54 Å². The molecule has 0 aromatic heterocycles. The van der Waals surface area contributed by atoms with Gasteiger partial charge in [0.25, 0.3) is 0 Å². The molecule has 0 unspecified atom stereocenters. The van der Waals surface area contributed by atoms with Gasteiger partial charge >= 0.3 is 5.91 Å². The van der Waals surface area contributed by atoms with Crippen LogP contribution in [0.25, 0.3) is 0 Å². The van der Waals surface area contributed by atoms with Gasteiger partial charge in [-0.05, 0) is 6.92 Å². The van der Waals surface area contributed by atoms with Crippen molar-refractivity contribution in [3.05, 3.63) is 0 Å². The number of nitrogens with zero attached hydrogens (tertiary/aromatic N) is 2. The standard InChI is InChI=1S/C7H10ClN3O2/c1-5(8)3-11(4-6(10)12)7(13)2-9/h5H,3-4H2,1H3,(H2,10,12)/t5-/m1/s1. The fraction of sp³-hybridized carbons (Fsp3) is 0.571. The Kier molecular flexibility index (Phi) is 4.85. The van der Waals surface area contributed by atoms with Gasteiger partial charge in [0.2, 0.25) is 5.91 Å². The number of primary amides is 1. The van der Waals surface area contributed by atoms with Crippen LogP contribution in [0.5, 0.6) is 0 Å². The van der Waals surface area contributed by atoms with E-state index < -0.39 is 11.8 Å². The molecule has 13 heavy (non-hydrogen) atoms. The molecule has 0 aliphatic carbocycles. The van der Waals surface area contributed by atoms with Crippen LogP contribution in [0.2, 0.25) is 0 Å². The normalized spacial score (nSPS) is 11.5. The zero-order valence-corrected chi connectivity index (χ0v) is 7.91. The van der Waals surface area contributed by atoms with Crippen molar-refractivity contribution in [1.82, 2.24) is 4.90 Å². The Labute approximate surface area is 81.0 Å². The van der Waals surface area contributed by atoms with Crippen molar-refractivity contribution >= 4 is 23.4 Å². The Morgan fingerprint density at radius 2 is 2.23 bits per heavy atom. The number of rotatable bonds is 4. The van der Waals surface area contributed by atoms with Crippen LogP contribution in [0.4, 0.5) is 0 Å². The van der Waals surface area contributed by atoms with E-state index in [2.05, 4.69) is 0 Å². The Bertz CT molecular complexity index is 247. The smallest absolute Gasteiger partial charge is 0.325 e. The van der Waals surface area contributed by atoms with Gasteiger partial charge in [-0.25, -0.2) is 0 Å². The highest BCUT2D eigenvalue weighted by atomic mass is 35.5. The second-order valence-electron chi connectivity index (χ2n) is 2.54. The lowest BCUT2D eigenvalue weighted by atomic mass is 10.4. The Morgan fingerprint density at radius 3 is 2.54 bits per heavy atom. The summed E-state index contributed by atoms with van der Waals surface area (Å²) in [6.45, 7) is 1.51. The molecule has 0 fully saturated rings. The Hall–Kier alpha value is -1.28. The highest BCUT2D eigenvalue weighted by Gasteiger charge is 2.16. The number of nitriles is 1. The van der Waals surface area contributed by atoms with Crippen LogP contribution in [0, 0.1) is 11.3 Å². The lowest BCUT2D eigenvalue weighted by Gasteiger charge is -2.18. The molecule has 0 saturated carbocycles. The minimum atomic E-state index is -0.800. The van der Waals surface area contributed by atoms with Crippen molar-refractivity contribution in [1.29, 1.82) is 5.26 Å². The number of hydrogen-bond donors (Lipinski definition) is 1. The Balaban J connectivity index is 4.29. The van der Waals surface area contributed by atoms with Gasteiger partial charge in [-0.2, -0.15) is 5.26 Å². The number of halogens is 1. The molecule has 0 heterocycles. The molecule has 0 aromatic carbocycles. The maximum absolute atomic E-state index is 10.9. The van der Waals surface area contributed by atoms with Crippen molar-refractivity contribution in [2.45, 2.75) is 12.3 Å². The van der Waals surface area contributed by atoms with E-state index >= 15 is 0 Å². The van der Waals surface area contributed by atoms with Crippen LogP contribution < -0.4 is 5.73 Å². The molecule has 6 heteroatoms. The maximum Gasteiger partial charge on any atom is 0.325 e. The zero-order chi connectivity index (χ0) is 10.4. The number of carbonyl (C=O) groups is 2. The fourth-order valence-corrected chi connectivity index (χ4v) is 0.948. The van der Waals surface area contributed by atoms with E-state index in [9.17, 15) is 9.59 Å². The van der Waals surface area contributed by atoms with E-state index in [0.29, 0.717) is 0 Å². The first-order valence-electron chi connectivity index (χ1n) is 3.58. The van der Waals surface area contributed by atoms with Crippen LogP contribution >= 0.6 is 11.6 Å². The van der Waals surface area contributed by atoms with E-state index in [-0.39, 0.29) is 18.5 Å². The number of hydrogen-bond acceptors (Lipinski definition) is 3. The van der Waals surface area contributed by atoms with Crippen LogP contribution in [0.15, 0.2) is 0 Å². The molecule has 0 aromatic rings. The van der Waals surface area contributed by atoms with E-state index in [1.165, 1.54) is 6.07 Å². The zero-order valence-electron chi connectivity index (χ0n) is 7.16. The minimum Gasteiger partial charge on any atom is -0.368 e. The largest absolute Gasteiger partial charge is 0.368 e. The van der Waals surface area contributed by atoms with Gasteiger partial charge in [-0.3, -0.25) is 9.59 Å². The van der Waals surface area contributed by atoms with Gasteiger partial charge in [0.05, 0.1) is 0 Å². The second-order valence-corrected chi connectivity index (χ2v) is 3.29. The number of alkyl halides is 1. The van der Waals surface area contributed by atoms with Gasteiger partial charge in [0, 0.05) is 11.9 Å². The summed E-state index contributed by atoms with van der Waals surface area (Å²) >= 11 is 5.60. The summed E-state index contributed by atoms with van der Waals surface area (Å²) in [5, 5.41) is 7.97. The molecule has 5 nitrogen and oxygen atoms in total. The molecule has 0 aliphatic rings. The lowest BCUT2D eigenvalue weighted by Crippen LogP contribution is -2.40. The summed E-state index contributed by atoms with van der Waals surface area (Å²) < 4.78 is 0. The molecular formula is C7H10ClN3O2. The average Bonchev–Trinajstić information content (AvgIpc) is 2.00. The lowest BCUT2D eigenvalue weighted by molar-refractivity contribution is -0.130. The van der Waals surface area contributed by atoms with Crippen molar-refractivity contribution in [3.8, 4) is 6.07 Å². The third kappa shape index (κ3) is 5.04. The monoisotopic (exact) mass is 203 g/mol. The van der Waals surface area contributed by atoms with E-state index in [0.717, 1.165) is 4.90 Å².